The largest absolute Gasteiger partial charge is 0.493 e. The number of amides is 2. The maximum Gasteiger partial charge on any atom is 0.259 e. The lowest BCUT2D eigenvalue weighted by Gasteiger charge is -2.34. The fourth-order valence-corrected chi connectivity index (χ4v) is 3.04. The van der Waals surface area contributed by atoms with Crippen LogP contribution in [0.3, 0.4) is 0 Å². The molecule has 138 valence electrons. The van der Waals surface area contributed by atoms with E-state index in [0.29, 0.717) is 56.2 Å². The molecule has 2 amide bonds. The van der Waals surface area contributed by atoms with Crippen molar-refractivity contribution in [2.45, 2.75) is 20.3 Å². The fourth-order valence-electron chi connectivity index (χ4n) is 3.04. The van der Waals surface area contributed by atoms with Gasteiger partial charge < -0.3 is 19.1 Å². The number of ether oxygens (including phenoxy) is 1. The molecule has 0 unspecified atom stereocenters. The Morgan fingerprint density at radius 2 is 1.73 bits per heavy atom. The van der Waals surface area contributed by atoms with Gasteiger partial charge in [0.05, 0.1) is 18.7 Å². The van der Waals surface area contributed by atoms with Gasteiger partial charge in [0.1, 0.15) is 17.1 Å². The van der Waals surface area contributed by atoms with Crippen LogP contribution in [0, 0.1) is 13.8 Å². The Morgan fingerprint density at radius 1 is 1.08 bits per heavy atom. The molecule has 0 atom stereocenters. The minimum Gasteiger partial charge on any atom is -0.493 e. The second-order valence-electron chi connectivity index (χ2n) is 6.28. The van der Waals surface area contributed by atoms with Crippen LogP contribution in [0.1, 0.15) is 28.2 Å². The molecule has 0 radical (unpaired) electrons. The third-order valence-corrected chi connectivity index (χ3v) is 4.49. The predicted molar refractivity (Wildman–Crippen MR) is 95.0 cm³/mol. The number of hydrogen-bond donors (Lipinski definition) is 0. The van der Waals surface area contributed by atoms with Gasteiger partial charge in [-0.2, -0.15) is 0 Å². The van der Waals surface area contributed by atoms with E-state index in [-0.39, 0.29) is 11.8 Å². The van der Waals surface area contributed by atoms with E-state index in [9.17, 15) is 9.59 Å². The third kappa shape index (κ3) is 4.04. The van der Waals surface area contributed by atoms with Crippen molar-refractivity contribution in [1.82, 2.24) is 15.0 Å². The van der Waals surface area contributed by atoms with Gasteiger partial charge in [-0.3, -0.25) is 9.59 Å². The van der Waals surface area contributed by atoms with Gasteiger partial charge in [-0.05, 0) is 26.0 Å². The fraction of sp³-hybridized carbons (Fsp3) is 0.421. The zero-order chi connectivity index (χ0) is 18.5. The molecule has 1 fully saturated rings. The normalized spacial score (nSPS) is 14.4. The van der Waals surface area contributed by atoms with Crippen molar-refractivity contribution >= 4 is 11.8 Å². The van der Waals surface area contributed by atoms with Crippen molar-refractivity contribution in [1.29, 1.82) is 0 Å². The lowest BCUT2D eigenvalue weighted by Crippen LogP contribution is -2.50. The average molecular weight is 357 g/mol. The summed E-state index contributed by atoms with van der Waals surface area (Å²) in [5.74, 6) is 1.25. The Bertz CT molecular complexity index is 745. The maximum atomic E-state index is 12.6. The Hall–Kier alpha value is -2.83. The van der Waals surface area contributed by atoms with Gasteiger partial charge in [0.2, 0.25) is 5.91 Å². The lowest BCUT2D eigenvalue weighted by atomic mass is 10.1. The number of hydrogen-bond acceptors (Lipinski definition) is 5. The summed E-state index contributed by atoms with van der Waals surface area (Å²) in [6, 6.07) is 9.44. The Labute approximate surface area is 152 Å². The van der Waals surface area contributed by atoms with E-state index in [0.717, 1.165) is 5.75 Å². The highest BCUT2D eigenvalue weighted by Crippen LogP contribution is 2.17. The van der Waals surface area contributed by atoms with Crippen molar-refractivity contribution in [3.8, 4) is 5.75 Å². The number of nitrogens with zero attached hydrogens (tertiary/aromatic N) is 3. The second-order valence-corrected chi connectivity index (χ2v) is 6.28. The molecule has 0 aliphatic carbocycles. The van der Waals surface area contributed by atoms with Crippen LogP contribution in [0.5, 0.6) is 5.75 Å². The maximum absolute atomic E-state index is 12.6. The van der Waals surface area contributed by atoms with Gasteiger partial charge in [-0.25, -0.2) is 0 Å². The quantitative estimate of drug-likeness (QED) is 0.819. The summed E-state index contributed by atoms with van der Waals surface area (Å²) in [6.07, 6.45) is 0.326. The predicted octanol–water partition coefficient (Wildman–Crippen LogP) is 2.04. The summed E-state index contributed by atoms with van der Waals surface area (Å²) < 4.78 is 10.6. The SMILES string of the molecule is Cc1noc(C)c1C(=O)N1CCN(C(=O)CCOc2ccccc2)CC1. The molecule has 2 aromatic rings. The zero-order valence-electron chi connectivity index (χ0n) is 15.1. The molecular weight excluding hydrogens is 334 g/mol. The van der Waals surface area contributed by atoms with Crippen molar-refractivity contribution in [2.24, 2.45) is 0 Å². The first-order valence-electron chi connectivity index (χ1n) is 8.74. The van der Waals surface area contributed by atoms with E-state index in [1.807, 2.05) is 30.3 Å². The molecule has 1 aliphatic heterocycles. The second kappa shape index (κ2) is 8.03. The molecule has 0 spiro atoms. The van der Waals surface area contributed by atoms with Crippen LogP contribution >= 0.6 is 0 Å². The molecule has 1 aromatic carbocycles. The molecule has 1 aliphatic rings. The molecule has 7 heteroatoms. The van der Waals surface area contributed by atoms with Gasteiger partial charge in [0.25, 0.3) is 5.91 Å². The minimum atomic E-state index is -0.0826. The van der Waals surface area contributed by atoms with Crippen LogP contribution in [-0.2, 0) is 4.79 Å². The summed E-state index contributed by atoms with van der Waals surface area (Å²) in [4.78, 5) is 28.5. The molecule has 7 nitrogen and oxygen atoms in total. The van der Waals surface area contributed by atoms with Gasteiger partial charge in [-0.15, -0.1) is 0 Å². The van der Waals surface area contributed by atoms with Crippen molar-refractivity contribution in [2.75, 3.05) is 32.8 Å². The summed E-state index contributed by atoms with van der Waals surface area (Å²) in [5.41, 5.74) is 1.13. The van der Waals surface area contributed by atoms with Crippen molar-refractivity contribution < 1.29 is 18.8 Å². The first kappa shape index (κ1) is 18.0. The van der Waals surface area contributed by atoms with E-state index >= 15 is 0 Å². The van der Waals surface area contributed by atoms with E-state index < -0.39 is 0 Å². The van der Waals surface area contributed by atoms with E-state index in [2.05, 4.69) is 5.16 Å². The number of carbonyl (C=O) groups is 2. The first-order valence-corrected chi connectivity index (χ1v) is 8.74. The van der Waals surface area contributed by atoms with Crippen LogP contribution < -0.4 is 4.74 Å². The third-order valence-electron chi connectivity index (χ3n) is 4.49. The minimum absolute atomic E-state index is 0.0466. The highest BCUT2D eigenvalue weighted by molar-refractivity contribution is 5.96. The highest BCUT2D eigenvalue weighted by atomic mass is 16.5. The smallest absolute Gasteiger partial charge is 0.259 e. The van der Waals surface area contributed by atoms with Gasteiger partial charge in [0, 0.05) is 26.2 Å². The molecule has 2 heterocycles. The summed E-state index contributed by atoms with van der Waals surface area (Å²) in [6.45, 7) is 5.91. The molecule has 0 bridgehead atoms. The van der Waals surface area contributed by atoms with Crippen molar-refractivity contribution in [3.05, 3.63) is 47.3 Å². The van der Waals surface area contributed by atoms with Crippen LogP contribution in [0.25, 0.3) is 0 Å². The molecular formula is C19H23N3O4. The van der Waals surface area contributed by atoms with Crippen LogP contribution in [-0.4, -0.2) is 59.6 Å². The number of aryl methyl sites for hydroxylation is 2. The summed E-state index contributed by atoms with van der Waals surface area (Å²) >= 11 is 0. The molecule has 0 N–H and O–H groups in total. The molecule has 1 saturated heterocycles. The standard InChI is InChI=1S/C19H23N3O4/c1-14-18(15(2)26-20-14)19(24)22-11-9-21(10-12-22)17(23)8-13-25-16-6-4-3-5-7-16/h3-7H,8-13H2,1-2H3. The average Bonchev–Trinajstić information content (AvgIpc) is 3.00. The lowest BCUT2D eigenvalue weighted by molar-refractivity contribution is -0.133. The van der Waals surface area contributed by atoms with Crippen LogP contribution in [0.15, 0.2) is 34.9 Å². The van der Waals surface area contributed by atoms with E-state index in [1.165, 1.54) is 0 Å². The highest BCUT2D eigenvalue weighted by Gasteiger charge is 2.28. The van der Waals surface area contributed by atoms with Gasteiger partial charge in [-0.1, -0.05) is 23.4 Å². The number of piperazine rings is 1. The van der Waals surface area contributed by atoms with Crippen molar-refractivity contribution in [3.63, 3.8) is 0 Å². The Kier molecular flexibility index (Phi) is 5.55. The monoisotopic (exact) mass is 357 g/mol. The first-order chi connectivity index (χ1) is 12.6. The van der Waals surface area contributed by atoms with Crippen LogP contribution in [0.4, 0.5) is 0 Å². The Balaban J connectivity index is 1.46. The van der Waals surface area contributed by atoms with Crippen LogP contribution in [0.2, 0.25) is 0 Å². The van der Waals surface area contributed by atoms with Gasteiger partial charge >= 0.3 is 0 Å². The summed E-state index contributed by atoms with van der Waals surface area (Å²) in [7, 11) is 0. The Morgan fingerprint density at radius 3 is 2.35 bits per heavy atom. The number of benzene rings is 1. The topological polar surface area (TPSA) is 75.9 Å². The number of rotatable bonds is 5. The number of para-hydroxylation sites is 1. The zero-order valence-corrected chi connectivity index (χ0v) is 15.1. The summed E-state index contributed by atoms with van der Waals surface area (Å²) in [5, 5.41) is 3.83. The molecule has 3 rings (SSSR count). The molecule has 26 heavy (non-hydrogen) atoms. The molecule has 1 aromatic heterocycles. The van der Waals surface area contributed by atoms with Gasteiger partial charge in [0.15, 0.2) is 0 Å². The molecule has 0 saturated carbocycles. The van der Waals surface area contributed by atoms with E-state index in [1.54, 1.807) is 23.6 Å². The number of carbonyl (C=O) groups excluding carboxylic acids is 2. The van der Waals surface area contributed by atoms with E-state index in [4.69, 9.17) is 9.26 Å². The number of aromatic nitrogens is 1.